The van der Waals surface area contributed by atoms with Crippen molar-refractivity contribution in [2.24, 2.45) is 7.05 Å². The SMILES string of the molecule is Cn1ccnc1CCNCc1cccc(OCC#N)c1. The van der Waals surface area contributed by atoms with Crippen molar-refractivity contribution >= 4 is 0 Å². The summed E-state index contributed by atoms with van der Waals surface area (Å²) in [5.41, 5.74) is 1.14. The molecule has 2 rings (SSSR count). The molecule has 0 aliphatic rings. The van der Waals surface area contributed by atoms with Gasteiger partial charge in [0.05, 0.1) is 0 Å². The Bertz CT molecular complexity index is 586. The number of aryl methyl sites for hydroxylation is 1. The largest absolute Gasteiger partial charge is 0.479 e. The smallest absolute Gasteiger partial charge is 0.174 e. The van der Waals surface area contributed by atoms with E-state index in [1.165, 1.54) is 0 Å². The van der Waals surface area contributed by atoms with Crippen molar-refractivity contribution in [1.82, 2.24) is 14.9 Å². The van der Waals surface area contributed by atoms with Gasteiger partial charge in [-0.1, -0.05) is 12.1 Å². The highest BCUT2D eigenvalue weighted by Gasteiger charge is 2.00. The molecule has 2 aromatic rings. The summed E-state index contributed by atoms with van der Waals surface area (Å²) in [6.07, 6.45) is 4.66. The van der Waals surface area contributed by atoms with Crippen LogP contribution in [0.15, 0.2) is 36.7 Å². The second-order valence-electron chi connectivity index (χ2n) is 4.48. The van der Waals surface area contributed by atoms with Crippen molar-refractivity contribution in [2.75, 3.05) is 13.2 Å². The van der Waals surface area contributed by atoms with Crippen LogP contribution in [0.5, 0.6) is 5.75 Å². The Morgan fingerprint density at radius 2 is 2.35 bits per heavy atom. The van der Waals surface area contributed by atoms with Gasteiger partial charge >= 0.3 is 0 Å². The molecular weight excluding hydrogens is 252 g/mol. The molecule has 0 radical (unpaired) electrons. The Morgan fingerprint density at radius 3 is 3.10 bits per heavy atom. The first kappa shape index (κ1) is 14.1. The fraction of sp³-hybridized carbons (Fsp3) is 0.333. The Hall–Kier alpha value is -2.32. The van der Waals surface area contributed by atoms with Crippen molar-refractivity contribution < 1.29 is 4.74 Å². The predicted octanol–water partition coefficient (Wildman–Crippen LogP) is 1.65. The van der Waals surface area contributed by atoms with Crippen LogP contribution in [-0.2, 0) is 20.0 Å². The highest BCUT2D eigenvalue weighted by Crippen LogP contribution is 2.12. The van der Waals surface area contributed by atoms with Crippen LogP contribution in [0.1, 0.15) is 11.4 Å². The maximum atomic E-state index is 8.49. The Kier molecular flexibility index (Phi) is 5.15. The van der Waals surface area contributed by atoms with Gasteiger partial charge in [0.2, 0.25) is 0 Å². The number of benzene rings is 1. The monoisotopic (exact) mass is 270 g/mol. The number of nitriles is 1. The number of aromatic nitrogens is 2. The molecule has 0 aliphatic heterocycles. The molecule has 0 fully saturated rings. The zero-order valence-electron chi connectivity index (χ0n) is 11.5. The van der Waals surface area contributed by atoms with Gasteiger partial charge in [-0.05, 0) is 17.7 Å². The van der Waals surface area contributed by atoms with Gasteiger partial charge in [-0.25, -0.2) is 4.98 Å². The number of hydrogen-bond donors (Lipinski definition) is 1. The van der Waals surface area contributed by atoms with Crippen molar-refractivity contribution in [1.29, 1.82) is 5.26 Å². The number of ether oxygens (including phenoxy) is 1. The van der Waals surface area contributed by atoms with Crippen LogP contribution in [0.3, 0.4) is 0 Å². The van der Waals surface area contributed by atoms with Crippen molar-refractivity contribution in [2.45, 2.75) is 13.0 Å². The third kappa shape index (κ3) is 4.11. The fourth-order valence-corrected chi connectivity index (χ4v) is 1.93. The van der Waals surface area contributed by atoms with E-state index in [9.17, 15) is 0 Å². The molecule has 1 heterocycles. The first-order valence-corrected chi connectivity index (χ1v) is 6.55. The van der Waals surface area contributed by atoms with Crippen LogP contribution in [0.4, 0.5) is 0 Å². The minimum absolute atomic E-state index is 0.0794. The minimum atomic E-state index is 0.0794. The van der Waals surface area contributed by atoms with E-state index in [4.69, 9.17) is 10.00 Å². The van der Waals surface area contributed by atoms with Crippen molar-refractivity contribution in [3.05, 3.63) is 48.0 Å². The molecule has 0 amide bonds. The quantitative estimate of drug-likeness (QED) is 0.777. The van der Waals surface area contributed by atoms with Crippen LogP contribution >= 0.6 is 0 Å². The third-order valence-corrected chi connectivity index (χ3v) is 2.98. The fourth-order valence-electron chi connectivity index (χ4n) is 1.93. The summed E-state index contributed by atoms with van der Waals surface area (Å²) < 4.78 is 7.30. The van der Waals surface area contributed by atoms with Crippen LogP contribution in [0, 0.1) is 11.3 Å². The summed E-state index contributed by atoms with van der Waals surface area (Å²) >= 11 is 0. The van der Waals surface area contributed by atoms with E-state index in [0.29, 0.717) is 0 Å². The molecule has 1 aromatic carbocycles. The van der Waals surface area contributed by atoms with E-state index in [-0.39, 0.29) is 6.61 Å². The summed E-state index contributed by atoms with van der Waals surface area (Å²) in [7, 11) is 2.00. The van der Waals surface area contributed by atoms with Crippen LogP contribution in [-0.4, -0.2) is 22.7 Å². The number of nitrogens with zero attached hydrogens (tertiary/aromatic N) is 3. The number of nitrogens with one attached hydrogen (secondary N) is 1. The second kappa shape index (κ2) is 7.31. The summed E-state index contributed by atoms with van der Waals surface area (Å²) in [6.45, 7) is 1.72. The lowest BCUT2D eigenvalue weighted by Gasteiger charge is -2.07. The second-order valence-corrected chi connectivity index (χ2v) is 4.48. The molecule has 0 spiro atoms. The van der Waals surface area contributed by atoms with E-state index >= 15 is 0 Å². The summed E-state index contributed by atoms with van der Waals surface area (Å²) in [5.74, 6) is 1.80. The predicted molar refractivity (Wildman–Crippen MR) is 76.2 cm³/mol. The number of hydrogen-bond acceptors (Lipinski definition) is 4. The van der Waals surface area contributed by atoms with Gasteiger partial charge in [0.25, 0.3) is 0 Å². The highest BCUT2D eigenvalue weighted by molar-refractivity contribution is 5.28. The lowest BCUT2D eigenvalue weighted by Crippen LogP contribution is -2.18. The lowest BCUT2D eigenvalue weighted by molar-refractivity contribution is 0.367. The molecule has 0 aliphatic carbocycles. The molecule has 0 unspecified atom stereocenters. The normalized spacial score (nSPS) is 10.2. The Labute approximate surface area is 118 Å². The molecule has 1 aromatic heterocycles. The maximum Gasteiger partial charge on any atom is 0.174 e. The summed E-state index contributed by atoms with van der Waals surface area (Å²) in [5, 5.41) is 11.9. The molecule has 0 saturated carbocycles. The van der Waals surface area contributed by atoms with Gasteiger partial charge in [0, 0.05) is 39.0 Å². The van der Waals surface area contributed by atoms with E-state index < -0.39 is 0 Å². The van der Waals surface area contributed by atoms with E-state index in [1.807, 2.05) is 54.3 Å². The van der Waals surface area contributed by atoms with E-state index in [0.717, 1.165) is 36.6 Å². The molecule has 1 N–H and O–H groups in total. The van der Waals surface area contributed by atoms with Crippen molar-refractivity contribution in [3.63, 3.8) is 0 Å². The average Bonchev–Trinajstić information content (AvgIpc) is 2.87. The van der Waals surface area contributed by atoms with Gasteiger partial charge in [-0.15, -0.1) is 0 Å². The molecule has 5 heteroatoms. The van der Waals surface area contributed by atoms with Gasteiger partial charge in [-0.3, -0.25) is 0 Å². The molecular formula is C15H18N4O. The highest BCUT2D eigenvalue weighted by atomic mass is 16.5. The molecule has 0 atom stereocenters. The Morgan fingerprint density at radius 1 is 1.45 bits per heavy atom. The lowest BCUT2D eigenvalue weighted by atomic mass is 10.2. The Balaban J connectivity index is 1.76. The standard InChI is InChI=1S/C15H18N4O/c1-19-9-8-18-15(19)5-7-17-12-13-3-2-4-14(11-13)20-10-6-16/h2-4,8-9,11,17H,5,7,10,12H2,1H3. The zero-order chi connectivity index (χ0) is 14.2. The molecule has 20 heavy (non-hydrogen) atoms. The summed E-state index contributed by atoms with van der Waals surface area (Å²) in [6, 6.07) is 9.73. The van der Waals surface area contributed by atoms with E-state index in [1.54, 1.807) is 0 Å². The third-order valence-electron chi connectivity index (χ3n) is 2.98. The van der Waals surface area contributed by atoms with Gasteiger partial charge in [-0.2, -0.15) is 5.26 Å². The average molecular weight is 270 g/mol. The van der Waals surface area contributed by atoms with Gasteiger partial charge in [0.15, 0.2) is 6.61 Å². The van der Waals surface area contributed by atoms with E-state index in [2.05, 4.69) is 10.3 Å². The number of rotatable bonds is 7. The minimum Gasteiger partial charge on any atom is -0.479 e. The van der Waals surface area contributed by atoms with Gasteiger partial charge in [0.1, 0.15) is 17.6 Å². The molecule has 104 valence electrons. The maximum absolute atomic E-state index is 8.49. The zero-order valence-corrected chi connectivity index (χ0v) is 11.5. The van der Waals surface area contributed by atoms with Crippen LogP contribution in [0.2, 0.25) is 0 Å². The molecule has 0 bridgehead atoms. The molecule has 5 nitrogen and oxygen atoms in total. The first-order chi connectivity index (χ1) is 9.79. The summed E-state index contributed by atoms with van der Waals surface area (Å²) in [4.78, 5) is 4.28. The topological polar surface area (TPSA) is 62.9 Å². The molecule has 0 saturated heterocycles. The van der Waals surface area contributed by atoms with Crippen molar-refractivity contribution in [3.8, 4) is 11.8 Å². The first-order valence-electron chi connectivity index (χ1n) is 6.55. The van der Waals surface area contributed by atoms with Gasteiger partial charge < -0.3 is 14.6 Å². The number of imidazole rings is 1. The van der Waals surface area contributed by atoms with Crippen LogP contribution < -0.4 is 10.1 Å². The van der Waals surface area contributed by atoms with Crippen LogP contribution in [0.25, 0.3) is 0 Å².